The highest BCUT2D eigenvalue weighted by Crippen LogP contribution is 2.66. The first-order valence-corrected chi connectivity index (χ1v) is 13.9. The summed E-state index contributed by atoms with van der Waals surface area (Å²) in [5.74, 6) is 2.35. The molecule has 4 fully saturated rings. The summed E-state index contributed by atoms with van der Waals surface area (Å²) in [7, 11) is 0. The van der Waals surface area contributed by atoms with Crippen LogP contribution in [0, 0.1) is 16.7 Å². The molecule has 6 rings (SSSR count). The molecular formula is C28H34BrCl2NO2. The van der Waals surface area contributed by atoms with Gasteiger partial charge in [0.2, 0.25) is 0 Å². The molecule has 0 heterocycles. The molecule has 4 saturated carbocycles. The number of ether oxygens (including phenoxy) is 2. The van der Waals surface area contributed by atoms with Crippen LogP contribution in [0.1, 0.15) is 70.4 Å². The van der Waals surface area contributed by atoms with Gasteiger partial charge in [-0.15, -0.1) is 0 Å². The molecule has 2 atom stereocenters. The molecule has 6 heteroatoms. The summed E-state index contributed by atoms with van der Waals surface area (Å²) in [6.07, 6.45) is 8.15. The van der Waals surface area contributed by atoms with Crippen LogP contribution in [0.25, 0.3) is 0 Å². The first-order chi connectivity index (χ1) is 16.1. The van der Waals surface area contributed by atoms with Crippen molar-refractivity contribution in [1.29, 1.82) is 0 Å². The van der Waals surface area contributed by atoms with Gasteiger partial charge in [0.05, 0.1) is 21.1 Å². The standard InChI is InChI=1S/C28H34BrCl2NO2/c1-4-33-24-9-19(7-21(29)25(24)34-14-18-5-6-22(30)23(31)8-18)13-32-28-12-20-10-26(2,16-28)15-27(3,11-20)17-28/h5-9,20,32H,4,10-17H2,1-3H3. The van der Waals surface area contributed by atoms with E-state index in [0.717, 1.165) is 28.2 Å². The molecule has 0 aromatic heterocycles. The lowest BCUT2D eigenvalue weighted by atomic mass is 9.43. The number of hydrogen-bond donors (Lipinski definition) is 1. The first kappa shape index (κ1) is 24.7. The van der Waals surface area contributed by atoms with Crippen molar-refractivity contribution >= 4 is 39.1 Å². The molecular weight excluding hydrogens is 533 g/mol. The molecule has 184 valence electrons. The number of nitrogens with one attached hydrogen (secondary N) is 1. The Kier molecular flexibility index (Phi) is 6.68. The van der Waals surface area contributed by atoms with E-state index in [9.17, 15) is 0 Å². The van der Waals surface area contributed by atoms with Crippen molar-refractivity contribution in [2.24, 2.45) is 16.7 Å². The molecule has 4 aliphatic carbocycles. The SMILES string of the molecule is CCOc1cc(CNC23CC4CC(C)(CC(C)(C4)C2)C3)cc(Br)c1OCc1ccc(Cl)c(Cl)c1. The molecule has 4 aliphatic rings. The van der Waals surface area contributed by atoms with Crippen LogP contribution in [0.5, 0.6) is 11.5 Å². The van der Waals surface area contributed by atoms with E-state index in [1.165, 1.54) is 44.1 Å². The molecule has 3 nitrogen and oxygen atoms in total. The fourth-order valence-corrected chi connectivity index (χ4v) is 8.77. The second-order valence-electron chi connectivity index (χ2n) is 11.6. The third kappa shape index (κ3) is 4.98. The molecule has 2 aromatic carbocycles. The molecule has 0 spiro atoms. The first-order valence-electron chi connectivity index (χ1n) is 12.4. The van der Waals surface area contributed by atoms with Gasteiger partial charge in [-0.3, -0.25) is 0 Å². The number of benzene rings is 2. The Labute approximate surface area is 222 Å². The minimum atomic E-state index is 0.268. The Morgan fingerprint density at radius 2 is 1.68 bits per heavy atom. The van der Waals surface area contributed by atoms with Crippen LogP contribution in [0.4, 0.5) is 0 Å². The third-order valence-electron chi connectivity index (χ3n) is 8.03. The van der Waals surface area contributed by atoms with Crippen LogP contribution in [0.3, 0.4) is 0 Å². The zero-order valence-electron chi connectivity index (χ0n) is 20.3. The number of rotatable bonds is 8. The largest absolute Gasteiger partial charge is 0.490 e. The van der Waals surface area contributed by atoms with Gasteiger partial charge in [0.15, 0.2) is 11.5 Å². The van der Waals surface area contributed by atoms with Crippen LogP contribution in [-0.2, 0) is 13.2 Å². The second kappa shape index (κ2) is 9.18. The molecule has 0 saturated heterocycles. The van der Waals surface area contributed by atoms with Crippen molar-refractivity contribution < 1.29 is 9.47 Å². The smallest absolute Gasteiger partial charge is 0.175 e. The van der Waals surface area contributed by atoms with Crippen molar-refractivity contribution in [3.05, 3.63) is 56.0 Å². The van der Waals surface area contributed by atoms with E-state index in [-0.39, 0.29) is 5.54 Å². The van der Waals surface area contributed by atoms with E-state index in [1.54, 1.807) is 6.07 Å². The second-order valence-corrected chi connectivity index (χ2v) is 13.3. The lowest BCUT2D eigenvalue weighted by Gasteiger charge is -2.65. The predicted molar refractivity (Wildman–Crippen MR) is 143 cm³/mol. The fourth-order valence-electron chi connectivity index (χ4n) is 7.85. The van der Waals surface area contributed by atoms with Gasteiger partial charge in [0.1, 0.15) is 6.61 Å². The van der Waals surface area contributed by atoms with Crippen molar-refractivity contribution in [3.8, 4) is 11.5 Å². The Bertz CT molecular complexity index is 1070. The van der Waals surface area contributed by atoms with Crippen molar-refractivity contribution in [2.75, 3.05) is 6.61 Å². The summed E-state index contributed by atoms with van der Waals surface area (Å²) in [4.78, 5) is 0. The quantitative estimate of drug-likeness (QED) is 0.347. The molecule has 0 radical (unpaired) electrons. The summed E-state index contributed by atoms with van der Waals surface area (Å²) in [6.45, 7) is 8.85. The van der Waals surface area contributed by atoms with Gasteiger partial charge in [0.25, 0.3) is 0 Å². The van der Waals surface area contributed by atoms with E-state index in [1.807, 2.05) is 19.1 Å². The highest BCUT2D eigenvalue weighted by atomic mass is 79.9. The van der Waals surface area contributed by atoms with Gasteiger partial charge >= 0.3 is 0 Å². The third-order valence-corrected chi connectivity index (χ3v) is 9.36. The Balaban J connectivity index is 1.32. The summed E-state index contributed by atoms with van der Waals surface area (Å²) in [5, 5.41) is 5.11. The van der Waals surface area contributed by atoms with Crippen molar-refractivity contribution in [2.45, 2.75) is 78.0 Å². The van der Waals surface area contributed by atoms with Crippen LogP contribution >= 0.6 is 39.1 Å². The van der Waals surface area contributed by atoms with Gasteiger partial charge < -0.3 is 14.8 Å². The molecule has 2 aromatic rings. The van der Waals surface area contributed by atoms with Crippen molar-refractivity contribution in [3.63, 3.8) is 0 Å². The lowest BCUT2D eigenvalue weighted by molar-refractivity contribution is -0.118. The zero-order valence-corrected chi connectivity index (χ0v) is 23.4. The molecule has 4 bridgehead atoms. The Morgan fingerprint density at radius 3 is 2.32 bits per heavy atom. The lowest BCUT2D eigenvalue weighted by Crippen LogP contribution is -2.63. The Hall–Kier alpha value is -0.940. The van der Waals surface area contributed by atoms with E-state index in [0.29, 0.717) is 39.8 Å². The van der Waals surface area contributed by atoms with Gasteiger partial charge in [-0.2, -0.15) is 0 Å². The molecule has 2 unspecified atom stereocenters. The van der Waals surface area contributed by atoms with Crippen molar-refractivity contribution in [1.82, 2.24) is 5.32 Å². The van der Waals surface area contributed by atoms with E-state index in [2.05, 4.69) is 47.2 Å². The van der Waals surface area contributed by atoms with Crippen LogP contribution < -0.4 is 14.8 Å². The summed E-state index contributed by atoms with van der Waals surface area (Å²) in [5.41, 5.74) is 3.44. The van der Waals surface area contributed by atoms with Gasteiger partial charge in [-0.25, -0.2) is 0 Å². The van der Waals surface area contributed by atoms with Crippen LogP contribution in [0.15, 0.2) is 34.8 Å². The highest BCUT2D eigenvalue weighted by molar-refractivity contribution is 9.10. The summed E-state index contributed by atoms with van der Waals surface area (Å²) in [6, 6.07) is 9.83. The predicted octanol–water partition coefficient (Wildman–Crippen LogP) is 8.57. The fraction of sp³-hybridized carbons (Fsp3) is 0.571. The van der Waals surface area contributed by atoms with E-state index < -0.39 is 0 Å². The monoisotopic (exact) mass is 565 g/mol. The molecule has 1 N–H and O–H groups in total. The minimum absolute atomic E-state index is 0.268. The maximum absolute atomic E-state index is 6.17. The van der Waals surface area contributed by atoms with Gasteiger partial charge in [-0.1, -0.05) is 43.1 Å². The summed E-state index contributed by atoms with van der Waals surface area (Å²) < 4.78 is 13.1. The number of halogens is 3. The average Bonchev–Trinajstić information content (AvgIpc) is 2.72. The number of hydrogen-bond acceptors (Lipinski definition) is 3. The normalized spacial score (nSPS) is 31.6. The average molecular weight is 567 g/mol. The maximum atomic E-state index is 6.17. The van der Waals surface area contributed by atoms with Gasteiger partial charge in [-0.05, 0) is 114 Å². The van der Waals surface area contributed by atoms with E-state index >= 15 is 0 Å². The molecule has 34 heavy (non-hydrogen) atoms. The zero-order chi connectivity index (χ0) is 24.1. The van der Waals surface area contributed by atoms with Crippen LogP contribution in [-0.4, -0.2) is 12.1 Å². The van der Waals surface area contributed by atoms with Gasteiger partial charge in [0, 0.05) is 12.1 Å². The molecule has 0 amide bonds. The Morgan fingerprint density at radius 1 is 0.941 bits per heavy atom. The van der Waals surface area contributed by atoms with Crippen LogP contribution in [0.2, 0.25) is 10.0 Å². The topological polar surface area (TPSA) is 30.5 Å². The summed E-state index contributed by atoms with van der Waals surface area (Å²) >= 11 is 15.9. The minimum Gasteiger partial charge on any atom is -0.490 e. The molecule has 0 aliphatic heterocycles. The van der Waals surface area contributed by atoms with E-state index in [4.69, 9.17) is 32.7 Å². The maximum Gasteiger partial charge on any atom is 0.175 e. The highest BCUT2D eigenvalue weighted by Gasteiger charge is 2.59.